The van der Waals surface area contributed by atoms with E-state index in [0.29, 0.717) is 16.8 Å². The molecular weight excluding hydrogens is 218 g/mol. The molecule has 2 rings (SSSR count). The summed E-state index contributed by atoms with van der Waals surface area (Å²) in [5.41, 5.74) is 6.87. The van der Waals surface area contributed by atoms with Gasteiger partial charge in [-0.1, -0.05) is 0 Å². The zero-order valence-electron chi connectivity index (χ0n) is 9.23. The van der Waals surface area contributed by atoms with Gasteiger partial charge >= 0.3 is 0 Å². The van der Waals surface area contributed by atoms with Gasteiger partial charge in [-0.25, -0.2) is 0 Å². The van der Waals surface area contributed by atoms with E-state index in [-0.39, 0.29) is 11.1 Å². The number of rotatable bonds is 2. The maximum atomic E-state index is 11.7. The molecule has 0 aliphatic carbocycles. The minimum absolute atomic E-state index is 0.243. The monoisotopic (exact) mass is 229 g/mol. The Labute approximate surface area is 97.3 Å². The Bertz CT molecular complexity index is 632. The largest absolute Gasteiger partial charge is 0.366 e. The molecule has 0 unspecified atom stereocenters. The van der Waals surface area contributed by atoms with Crippen molar-refractivity contribution in [1.82, 2.24) is 9.97 Å². The van der Waals surface area contributed by atoms with Gasteiger partial charge in [0.2, 0.25) is 0 Å². The zero-order chi connectivity index (χ0) is 12.4. The summed E-state index contributed by atoms with van der Waals surface area (Å²) in [5.74, 6) is -0.601. The Morgan fingerprint density at radius 2 is 2.18 bits per heavy atom. The van der Waals surface area contributed by atoms with Crippen LogP contribution in [0.3, 0.4) is 0 Å². The zero-order valence-corrected chi connectivity index (χ0v) is 9.23. The van der Waals surface area contributed by atoms with Gasteiger partial charge in [0.15, 0.2) is 0 Å². The molecule has 5 heteroatoms. The minimum atomic E-state index is -0.601. The number of hydrogen-bond acceptors (Lipinski definition) is 3. The third-order valence-electron chi connectivity index (χ3n) is 2.41. The van der Waals surface area contributed by atoms with Gasteiger partial charge in [0.05, 0.1) is 5.56 Å². The second-order valence-electron chi connectivity index (χ2n) is 3.65. The fraction of sp³-hybridized carbons (Fsp3) is 0.0833. The van der Waals surface area contributed by atoms with E-state index >= 15 is 0 Å². The normalized spacial score (nSPS) is 10.2. The number of nitrogens with zero attached hydrogens (tertiary/aromatic N) is 1. The molecule has 17 heavy (non-hydrogen) atoms. The van der Waals surface area contributed by atoms with Gasteiger partial charge in [-0.2, -0.15) is 0 Å². The Morgan fingerprint density at radius 3 is 2.82 bits per heavy atom. The molecule has 0 aromatic carbocycles. The number of pyridine rings is 2. The van der Waals surface area contributed by atoms with Crippen molar-refractivity contribution in [2.45, 2.75) is 6.92 Å². The number of H-pyrrole nitrogens is 1. The minimum Gasteiger partial charge on any atom is -0.366 e. The summed E-state index contributed by atoms with van der Waals surface area (Å²) >= 11 is 0. The van der Waals surface area contributed by atoms with E-state index in [1.54, 1.807) is 25.1 Å². The van der Waals surface area contributed by atoms with Crippen molar-refractivity contribution in [3.63, 3.8) is 0 Å². The fourth-order valence-electron chi connectivity index (χ4n) is 1.61. The van der Waals surface area contributed by atoms with Crippen molar-refractivity contribution >= 4 is 5.91 Å². The highest BCUT2D eigenvalue weighted by Gasteiger charge is 2.13. The van der Waals surface area contributed by atoms with Crippen LogP contribution in [-0.4, -0.2) is 15.9 Å². The average molecular weight is 229 g/mol. The first kappa shape index (κ1) is 11.1. The van der Waals surface area contributed by atoms with Crippen molar-refractivity contribution < 1.29 is 4.79 Å². The van der Waals surface area contributed by atoms with Crippen LogP contribution in [0, 0.1) is 6.92 Å². The lowest BCUT2D eigenvalue weighted by atomic mass is 10.0. The SMILES string of the molecule is Cc1cc(-c2ccc[nH]c2=O)c(C(N)=O)cn1. The smallest absolute Gasteiger partial charge is 0.255 e. The van der Waals surface area contributed by atoms with Gasteiger partial charge in [-0.3, -0.25) is 14.6 Å². The predicted octanol–water partition coefficient (Wildman–Crippen LogP) is 0.844. The van der Waals surface area contributed by atoms with Crippen molar-refractivity contribution in [2.24, 2.45) is 5.73 Å². The molecule has 0 aliphatic heterocycles. The molecule has 0 fully saturated rings. The number of aryl methyl sites for hydroxylation is 1. The second-order valence-corrected chi connectivity index (χ2v) is 3.65. The standard InChI is InChI=1S/C12H11N3O2/c1-7-5-9(10(6-15-7)11(13)16)8-3-2-4-14-12(8)17/h2-6H,1H3,(H2,13,16)(H,14,17). The number of carbonyl (C=O) groups is 1. The van der Waals surface area contributed by atoms with Gasteiger partial charge in [-0.15, -0.1) is 0 Å². The van der Waals surface area contributed by atoms with Crippen LogP contribution in [0.15, 0.2) is 35.4 Å². The van der Waals surface area contributed by atoms with E-state index in [1.807, 2.05) is 0 Å². The molecular formula is C12H11N3O2. The van der Waals surface area contributed by atoms with E-state index in [0.717, 1.165) is 0 Å². The number of aromatic nitrogens is 2. The lowest BCUT2D eigenvalue weighted by Gasteiger charge is -2.06. The highest BCUT2D eigenvalue weighted by molar-refractivity contribution is 5.99. The number of aromatic amines is 1. The molecule has 86 valence electrons. The molecule has 3 N–H and O–H groups in total. The highest BCUT2D eigenvalue weighted by atomic mass is 16.1. The van der Waals surface area contributed by atoms with Crippen LogP contribution in [0.25, 0.3) is 11.1 Å². The van der Waals surface area contributed by atoms with E-state index < -0.39 is 5.91 Å². The van der Waals surface area contributed by atoms with E-state index in [2.05, 4.69) is 9.97 Å². The number of nitrogens with one attached hydrogen (secondary N) is 1. The van der Waals surface area contributed by atoms with Crippen molar-refractivity contribution in [2.75, 3.05) is 0 Å². The van der Waals surface area contributed by atoms with Crippen LogP contribution < -0.4 is 11.3 Å². The molecule has 0 atom stereocenters. The van der Waals surface area contributed by atoms with Crippen LogP contribution in [0.1, 0.15) is 16.1 Å². The molecule has 0 aliphatic rings. The lowest BCUT2D eigenvalue weighted by Crippen LogP contribution is -2.16. The summed E-state index contributed by atoms with van der Waals surface area (Å²) in [6.07, 6.45) is 2.92. The molecule has 2 aromatic heterocycles. The number of carbonyl (C=O) groups excluding carboxylic acids is 1. The first-order chi connectivity index (χ1) is 8.09. The molecule has 1 amide bonds. The van der Waals surface area contributed by atoms with Crippen molar-refractivity contribution in [1.29, 1.82) is 0 Å². The molecule has 0 saturated heterocycles. The Kier molecular flexibility index (Phi) is 2.74. The first-order valence-corrected chi connectivity index (χ1v) is 5.04. The topological polar surface area (TPSA) is 88.8 Å². The highest BCUT2D eigenvalue weighted by Crippen LogP contribution is 2.20. The number of primary amides is 1. The molecule has 5 nitrogen and oxygen atoms in total. The molecule has 0 spiro atoms. The van der Waals surface area contributed by atoms with Crippen LogP contribution in [0.5, 0.6) is 0 Å². The maximum Gasteiger partial charge on any atom is 0.255 e. The fourth-order valence-corrected chi connectivity index (χ4v) is 1.61. The summed E-state index contributed by atoms with van der Waals surface area (Å²) in [7, 11) is 0. The maximum absolute atomic E-state index is 11.7. The van der Waals surface area contributed by atoms with Gasteiger partial charge < -0.3 is 10.7 Å². The van der Waals surface area contributed by atoms with Gasteiger partial charge in [0.25, 0.3) is 11.5 Å². The van der Waals surface area contributed by atoms with Gasteiger partial charge in [-0.05, 0) is 25.1 Å². The van der Waals surface area contributed by atoms with Crippen LogP contribution in [0.2, 0.25) is 0 Å². The third kappa shape index (κ3) is 2.08. The van der Waals surface area contributed by atoms with E-state index in [4.69, 9.17) is 5.73 Å². The summed E-state index contributed by atoms with van der Waals surface area (Å²) in [4.78, 5) is 29.5. The average Bonchev–Trinajstić information content (AvgIpc) is 2.29. The molecule has 2 aromatic rings. The first-order valence-electron chi connectivity index (χ1n) is 5.04. The van der Waals surface area contributed by atoms with Crippen molar-refractivity contribution in [3.05, 3.63) is 52.2 Å². The molecule has 0 radical (unpaired) electrons. The lowest BCUT2D eigenvalue weighted by molar-refractivity contribution is 0.100. The summed E-state index contributed by atoms with van der Waals surface area (Å²) in [5, 5.41) is 0. The van der Waals surface area contributed by atoms with Crippen molar-refractivity contribution in [3.8, 4) is 11.1 Å². The third-order valence-corrected chi connectivity index (χ3v) is 2.41. The summed E-state index contributed by atoms with van der Waals surface area (Å²) in [6.45, 7) is 1.78. The van der Waals surface area contributed by atoms with Crippen LogP contribution in [0.4, 0.5) is 0 Å². The van der Waals surface area contributed by atoms with Crippen LogP contribution >= 0.6 is 0 Å². The van der Waals surface area contributed by atoms with Crippen LogP contribution in [-0.2, 0) is 0 Å². The van der Waals surface area contributed by atoms with Gasteiger partial charge in [0, 0.05) is 29.2 Å². The summed E-state index contributed by atoms with van der Waals surface area (Å²) in [6, 6.07) is 5.00. The Morgan fingerprint density at radius 1 is 1.41 bits per heavy atom. The summed E-state index contributed by atoms with van der Waals surface area (Å²) < 4.78 is 0. The quantitative estimate of drug-likeness (QED) is 0.799. The number of hydrogen-bond donors (Lipinski definition) is 2. The molecule has 2 heterocycles. The van der Waals surface area contributed by atoms with E-state index in [1.165, 1.54) is 12.4 Å². The Balaban J connectivity index is 2.74. The molecule has 0 bridgehead atoms. The number of amides is 1. The Hall–Kier alpha value is -2.43. The predicted molar refractivity (Wildman–Crippen MR) is 63.5 cm³/mol. The molecule has 0 saturated carbocycles. The second kappa shape index (κ2) is 4.21. The number of nitrogens with two attached hydrogens (primary N) is 1. The van der Waals surface area contributed by atoms with Gasteiger partial charge in [0.1, 0.15) is 0 Å². The van der Waals surface area contributed by atoms with E-state index in [9.17, 15) is 9.59 Å².